The standard InChI is InChI=1S/C5H6N2O3S/c1-11(8,9)10-5-2-3-6-4-7-5/h2-4H,1H3. The Morgan fingerprint density at radius 2 is 2.27 bits per heavy atom. The Bertz CT molecular complexity index is 321. The third kappa shape index (κ3) is 2.94. The molecule has 0 fully saturated rings. The summed E-state index contributed by atoms with van der Waals surface area (Å²) in [4.78, 5) is 7.14. The van der Waals surface area contributed by atoms with E-state index in [0.717, 1.165) is 6.26 Å². The molecule has 0 saturated carbocycles. The van der Waals surface area contributed by atoms with Gasteiger partial charge in [-0.1, -0.05) is 0 Å². The van der Waals surface area contributed by atoms with Crippen LogP contribution in [-0.2, 0) is 10.1 Å². The zero-order chi connectivity index (χ0) is 8.32. The summed E-state index contributed by atoms with van der Waals surface area (Å²) in [5.74, 6) is 0.0301. The van der Waals surface area contributed by atoms with Gasteiger partial charge < -0.3 is 4.18 Å². The number of hydrogen-bond donors (Lipinski definition) is 0. The number of hydrogen-bond acceptors (Lipinski definition) is 5. The maximum Gasteiger partial charge on any atom is 0.307 e. The van der Waals surface area contributed by atoms with E-state index >= 15 is 0 Å². The highest BCUT2D eigenvalue weighted by Crippen LogP contribution is 2.03. The van der Waals surface area contributed by atoms with Crippen LogP contribution in [0.2, 0.25) is 0 Å². The second kappa shape index (κ2) is 2.83. The van der Waals surface area contributed by atoms with E-state index in [0.29, 0.717) is 0 Å². The average molecular weight is 174 g/mol. The van der Waals surface area contributed by atoms with Crippen molar-refractivity contribution in [3.8, 4) is 5.88 Å². The summed E-state index contributed by atoms with van der Waals surface area (Å²) in [6.45, 7) is 0. The average Bonchev–Trinajstić information content (AvgIpc) is 1.85. The number of nitrogens with zero attached hydrogens (tertiary/aromatic N) is 2. The highest BCUT2D eigenvalue weighted by Gasteiger charge is 2.03. The smallest absolute Gasteiger partial charge is 0.307 e. The predicted octanol–water partition coefficient (Wildman–Crippen LogP) is -0.185. The molecule has 1 aromatic rings. The van der Waals surface area contributed by atoms with Gasteiger partial charge in [0.15, 0.2) is 0 Å². The lowest BCUT2D eigenvalue weighted by molar-refractivity contribution is 0.482. The van der Waals surface area contributed by atoms with E-state index in [9.17, 15) is 8.42 Å². The minimum Gasteiger partial charge on any atom is -0.362 e. The molecule has 60 valence electrons. The van der Waals surface area contributed by atoms with Crippen LogP contribution in [0.5, 0.6) is 5.88 Å². The molecule has 0 aliphatic carbocycles. The molecule has 0 unspecified atom stereocenters. The lowest BCUT2D eigenvalue weighted by Gasteiger charge is -1.98. The topological polar surface area (TPSA) is 69.2 Å². The van der Waals surface area contributed by atoms with Gasteiger partial charge in [-0.15, -0.1) is 0 Å². The van der Waals surface area contributed by atoms with Gasteiger partial charge in [0.25, 0.3) is 0 Å². The monoisotopic (exact) mass is 174 g/mol. The lowest BCUT2D eigenvalue weighted by atomic mass is 10.6. The first-order valence-electron chi connectivity index (χ1n) is 2.73. The third-order valence-corrected chi connectivity index (χ3v) is 1.27. The van der Waals surface area contributed by atoms with Crippen molar-refractivity contribution in [2.75, 3.05) is 6.26 Å². The summed E-state index contributed by atoms with van der Waals surface area (Å²) in [5, 5.41) is 0. The highest BCUT2D eigenvalue weighted by atomic mass is 32.2. The normalized spacial score (nSPS) is 11.0. The van der Waals surface area contributed by atoms with Crippen molar-refractivity contribution >= 4 is 10.1 Å². The summed E-state index contributed by atoms with van der Waals surface area (Å²) < 4.78 is 25.5. The van der Waals surface area contributed by atoms with Crippen molar-refractivity contribution in [1.82, 2.24) is 9.97 Å². The fourth-order valence-electron chi connectivity index (χ4n) is 0.483. The van der Waals surface area contributed by atoms with Crippen LogP contribution >= 0.6 is 0 Å². The molecular weight excluding hydrogens is 168 g/mol. The van der Waals surface area contributed by atoms with Crippen molar-refractivity contribution in [3.05, 3.63) is 18.6 Å². The van der Waals surface area contributed by atoms with E-state index in [2.05, 4.69) is 14.2 Å². The van der Waals surface area contributed by atoms with Crippen LogP contribution in [0.1, 0.15) is 0 Å². The molecule has 1 heterocycles. The Labute approximate surface area is 64.2 Å². The third-order valence-electron chi connectivity index (χ3n) is 0.792. The van der Waals surface area contributed by atoms with Gasteiger partial charge in [-0.2, -0.15) is 8.42 Å². The fraction of sp³-hybridized carbons (Fsp3) is 0.200. The predicted molar refractivity (Wildman–Crippen MR) is 37.5 cm³/mol. The first kappa shape index (κ1) is 7.93. The molecule has 11 heavy (non-hydrogen) atoms. The van der Waals surface area contributed by atoms with Gasteiger partial charge in [-0.25, -0.2) is 9.97 Å². The van der Waals surface area contributed by atoms with Gasteiger partial charge in [0.05, 0.1) is 6.26 Å². The Morgan fingerprint density at radius 3 is 2.73 bits per heavy atom. The lowest BCUT2D eigenvalue weighted by Crippen LogP contribution is -2.06. The quantitative estimate of drug-likeness (QED) is 0.581. The van der Waals surface area contributed by atoms with Crippen LogP contribution in [0.3, 0.4) is 0 Å². The van der Waals surface area contributed by atoms with E-state index in [1.165, 1.54) is 18.6 Å². The molecule has 0 aliphatic rings. The van der Waals surface area contributed by atoms with Gasteiger partial charge in [-0.3, -0.25) is 0 Å². The van der Waals surface area contributed by atoms with E-state index in [4.69, 9.17) is 0 Å². The first-order chi connectivity index (χ1) is 5.08. The summed E-state index contributed by atoms with van der Waals surface area (Å²) >= 11 is 0. The van der Waals surface area contributed by atoms with E-state index < -0.39 is 10.1 Å². The van der Waals surface area contributed by atoms with Crippen molar-refractivity contribution in [2.24, 2.45) is 0 Å². The van der Waals surface area contributed by atoms with Gasteiger partial charge in [0.1, 0.15) is 6.33 Å². The largest absolute Gasteiger partial charge is 0.362 e. The molecular formula is C5H6N2O3S. The van der Waals surface area contributed by atoms with Crippen molar-refractivity contribution < 1.29 is 12.6 Å². The highest BCUT2D eigenvalue weighted by molar-refractivity contribution is 7.86. The Morgan fingerprint density at radius 1 is 1.55 bits per heavy atom. The van der Waals surface area contributed by atoms with Gasteiger partial charge in [-0.05, 0) is 0 Å². The van der Waals surface area contributed by atoms with Crippen molar-refractivity contribution in [1.29, 1.82) is 0 Å². The summed E-state index contributed by atoms with van der Waals surface area (Å²) in [6.07, 6.45) is 3.56. The number of aromatic nitrogens is 2. The molecule has 0 radical (unpaired) electrons. The second-order valence-electron chi connectivity index (χ2n) is 1.84. The molecule has 0 aliphatic heterocycles. The maximum absolute atomic E-state index is 10.5. The van der Waals surface area contributed by atoms with Crippen LogP contribution in [0, 0.1) is 0 Å². The summed E-state index contributed by atoms with van der Waals surface area (Å²) in [7, 11) is -3.47. The van der Waals surface area contributed by atoms with E-state index in [1.807, 2.05) is 0 Å². The Hall–Kier alpha value is -1.17. The van der Waals surface area contributed by atoms with Gasteiger partial charge >= 0.3 is 10.1 Å². The van der Waals surface area contributed by atoms with Crippen molar-refractivity contribution in [3.63, 3.8) is 0 Å². The molecule has 0 bridgehead atoms. The molecule has 0 saturated heterocycles. The second-order valence-corrected chi connectivity index (χ2v) is 3.41. The van der Waals surface area contributed by atoms with Crippen LogP contribution in [0.15, 0.2) is 18.6 Å². The SMILES string of the molecule is CS(=O)(=O)Oc1ccncn1. The molecule has 1 aromatic heterocycles. The van der Waals surface area contributed by atoms with Gasteiger partial charge in [0.2, 0.25) is 5.88 Å². The summed E-state index contributed by atoms with van der Waals surface area (Å²) in [6, 6.07) is 1.36. The summed E-state index contributed by atoms with van der Waals surface area (Å²) in [5.41, 5.74) is 0. The Balaban J connectivity index is 2.82. The van der Waals surface area contributed by atoms with Crippen molar-refractivity contribution in [2.45, 2.75) is 0 Å². The zero-order valence-corrected chi connectivity index (χ0v) is 6.58. The molecule has 0 amide bonds. The van der Waals surface area contributed by atoms with Gasteiger partial charge in [0, 0.05) is 12.3 Å². The van der Waals surface area contributed by atoms with Crippen LogP contribution < -0.4 is 4.18 Å². The maximum atomic E-state index is 10.5. The number of rotatable bonds is 2. The molecule has 1 rings (SSSR count). The fourth-order valence-corrected chi connectivity index (χ4v) is 0.892. The minimum atomic E-state index is -3.47. The van der Waals surface area contributed by atoms with E-state index in [-0.39, 0.29) is 5.88 Å². The minimum absolute atomic E-state index is 0.0301. The zero-order valence-electron chi connectivity index (χ0n) is 5.76. The van der Waals surface area contributed by atoms with Crippen LogP contribution in [0.4, 0.5) is 0 Å². The van der Waals surface area contributed by atoms with E-state index in [1.54, 1.807) is 0 Å². The molecule has 0 atom stereocenters. The first-order valence-corrected chi connectivity index (χ1v) is 4.55. The van der Waals surface area contributed by atoms with Crippen LogP contribution in [0.25, 0.3) is 0 Å². The molecule has 0 aromatic carbocycles. The molecule has 6 heteroatoms. The molecule has 0 N–H and O–H groups in total. The van der Waals surface area contributed by atoms with Crippen LogP contribution in [-0.4, -0.2) is 24.6 Å². The molecule has 0 spiro atoms. The molecule has 5 nitrogen and oxygen atoms in total. The Kier molecular flexibility index (Phi) is 2.04.